The Morgan fingerprint density at radius 3 is 2.83 bits per heavy atom. The summed E-state index contributed by atoms with van der Waals surface area (Å²) in [5.74, 6) is 0. The van der Waals surface area contributed by atoms with Crippen molar-refractivity contribution in [3.63, 3.8) is 0 Å². The van der Waals surface area contributed by atoms with Crippen LogP contribution in [0.25, 0.3) is 0 Å². The van der Waals surface area contributed by atoms with E-state index in [-0.39, 0.29) is 0 Å². The van der Waals surface area contributed by atoms with Crippen LogP contribution in [0.3, 0.4) is 0 Å². The van der Waals surface area contributed by atoms with Crippen LogP contribution in [0, 0.1) is 13.8 Å². The molecule has 0 aromatic carbocycles. The Hall–Kier alpha value is -0.800. The Balaban J connectivity index is 1.82. The van der Waals surface area contributed by atoms with Gasteiger partial charge >= 0.3 is 0 Å². The molecule has 1 saturated heterocycles. The highest BCUT2D eigenvalue weighted by molar-refractivity contribution is 5.26. The summed E-state index contributed by atoms with van der Waals surface area (Å²) in [5.41, 5.74) is 4.18. The van der Waals surface area contributed by atoms with E-state index in [2.05, 4.69) is 36.7 Å². The fourth-order valence-electron chi connectivity index (χ4n) is 2.87. The smallest absolute Gasteiger partial charge is 0.0699 e. The Bertz CT molecular complexity index is 378. The minimum atomic E-state index is 0.424. The van der Waals surface area contributed by atoms with Crippen LogP contribution in [0.2, 0.25) is 0 Å². The number of hydrogen-bond donors (Lipinski definition) is 1. The van der Waals surface area contributed by atoms with Crippen molar-refractivity contribution in [1.82, 2.24) is 9.88 Å². The molecule has 3 nitrogen and oxygen atoms in total. The zero-order chi connectivity index (χ0) is 13.0. The Morgan fingerprint density at radius 2 is 2.22 bits per heavy atom. The summed E-state index contributed by atoms with van der Waals surface area (Å²) >= 11 is 0. The number of nitrogens with zero attached hydrogens (tertiary/aromatic N) is 1. The average Bonchev–Trinajstić information content (AvgIpc) is 2.65. The van der Waals surface area contributed by atoms with E-state index >= 15 is 0 Å². The van der Waals surface area contributed by atoms with Gasteiger partial charge in [-0.1, -0.05) is 0 Å². The van der Waals surface area contributed by atoms with Crippen molar-refractivity contribution < 1.29 is 4.74 Å². The van der Waals surface area contributed by atoms with Gasteiger partial charge in [-0.05, 0) is 51.7 Å². The molecule has 0 amide bonds. The molecule has 0 aliphatic carbocycles. The third-order valence-electron chi connectivity index (χ3n) is 3.96. The normalized spacial score (nSPS) is 20.3. The third-order valence-corrected chi connectivity index (χ3v) is 3.96. The van der Waals surface area contributed by atoms with Crippen molar-refractivity contribution in [2.24, 2.45) is 0 Å². The van der Waals surface area contributed by atoms with Crippen LogP contribution in [0.1, 0.15) is 43.1 Å². The highest BCUT2D eigenvalue weighted by atomic mass is 16.5. The van der Waals surface area contributed by atoms with Gasteiger partial charge in [-0.3, -0.25) is 0 Å². The number of hydrogen-bond acceptors (Lipinski definition) is 2. The molecule has 3 heteroatoms. The fourth-order valence-corrected chi connectivity index (χ4v) is 2.87. The van der Waals surface area contributed by atoms with Gasteiger partial charge in [-0.25, -0.2) is 0 Å². The van der Waals surface area contributed by atoms with E-state index in [0.29, 0.717) is 6.10 Å². The summed E-state index contributed by atoms with van der Waals surface area (Å²) in [6, 6.07) is 2.30. The molecule has 0 radical (unpaired) electrons. The molecular weight excluding hydrogens is 224 g/mol. The molecule has 0 saturated carbocycles. The zero-order valence-electron chi connectivity index (χ0n) is 12.0. The van der Waals surface area contributed by atoms with Gasteiger partial charge in [-0.15, -0.1) is 0 Å². The molecule has 0 bridgehead atoms. The van der Waals surface area contributed by atoms with E-state index in [0.717, 1.165) is 26.2 Å². The Morgan fingerprint density at radius 1 is 1.39 bits per heavy atom. The molecule has 18 heavy (non-hydrogen) atoms. The standard InChI is InChI=1S/C15H26N2O/c1-4-17-12(2)9-14(13(17)3)10-16-11-15-7-5-6-8-18-15/h9,15-16H,4-8,10-11H2,1-3H3. The lowest BCUT2D eigenvalue weighted by Gasteiger charge is -2.22. The summed E-state index contributed by atoms with van der Waals surface area (Å²) in [7, 11) is 0. The largest absolute Gasteiger partial charge is 0.377 e. The summed E-state index contributed by atoms with van der Waals surface area (Å²) in [6.45, 7) is 10.5. The van der Waals surface area contributed by atoms with Crippen molar-refractivity contribution in [2.75, 3.05) is 13.2 Å². The van der Waals surface area contributed by atoms with Crippen molar-refractivity contribution in [3.8, 4) is 0 Å². The SMILES string of the molecule is CCn1c(C)cc(CNCC2CCCCO2)c1C. The summed E-state index contributed by atoms with van der Waals surface area (Å²) in [4.78, 5) is 0. The van der Waals surface area contributed by atoms with Crippen LogP contribution in [-0.2, 0) is 17.8 Å². The average molecular weight is 250 g/mol. The highest BCUT2D eigenvalue weighted by Crippen LogP contribution is 2.15. The van der Waals surface area contributed by atoms with Gasteiger partial charge < -0.3 is 14.6 Å². The van der Waals surface area contributed by atoms with E-state index in [1.54, 1.807) is 0 Å². The van der Waals surface area contributed by atoms with Gasteiger partial charge in [-0.2, -0.15) is 0 Å². The monoisotopic (exact) mass is 250 g/mol. The minimum absolute atomic E-state index is 0.424. The highest BCUT2D eigenvalue weighted by Gasteiger charge is 2.13. The lowest BCUT2D eigenvalue weighted by Crippen LogP contribution is -2.31. The maximum atomic E-state index is 5.73. The molecule has 1 fully saturated rings. The van der Waals surface area contributed by atoms with E-state index < -0.39 is 0 Å². The third kappa shape index (κ3) is 3.15. The lowest BCUT2D eigenvalue weighted by atomic mass is 10.1. The first-order valence-corrected chi connectivity index (χ1v) is 7.20. The molecule has 102 valence electrons. The molecule has 1 unspecified atom stereocenters. The summed E-state index contributed by atoms with van der Waals surface area (Å²) in [5, 5.41) is 3.54. The summed E-state index contributed by atoms with van der Waals surface area (Å²) in [6.07, 6.45) is 4.18. The molecule has 1 aromatic rings. The first-order valence-electron chi connectivity index (χ1n) is 7.20. The van der Waals surface area contributed by atoms with Crippen LogP contribution in [0.15, 0.2) is 6.07 Å². The molecule has 2 heterocycles. The van der Waals surface area contributed by atoms with Crippen LogP contribution in [-0.4, -0.2) is 23.8 Å². The predicted octanol–water partition coefficient (Wildman–Crippen LogP) is 2.78. The Labute approximate surface area is 111 Å². The molecule has 1 aliphatic heterocycles. The van der Waals surface area contributed by atoms with Gasteiger partial charge in [0.25, 0.3) is 0 Å². The maximum absolute atomic E-state index is 5.73. The molecule has 0 spiro atoms. The first kappa shape index (κ1) is 13.6. The van der Waals surface area contributed by atoms with Crippen LogP contribution in [0.5, 0.6) is 0 Å². The second-order valence-corrected chi connectivity index (χ2v) is 5.26. The predicted molar refractivity (Wildman–Crippen MR) is 74.9 cm³/mol. The lowest BCUT2D eigenvalue weighted by molar-refractivity contribution is 0.0168. The number of aromatic nitrogens is 1. The Kier molecular flexibility index (Phi) is 4.84. The van der Waals surface area contributed by atoms with Gasteiger partial charge in [0.15, 0.2) is 0 Å². The van der Waals surface area contributed by atoms with Gasteiger partial charge in [0.05, 0.1) is 6.10 Å². The van der Waals surface area contributed by atoms with Crippen molar-refractivity contribution in [1.29, 1.82) is 0 Å². The molecule has 1 aliphatic rings. The van der Waals surface area contributed by atoms with Crippen LogP contribution >= 0.6 is 0 Å². The molecule has 2 rings (SSSR count). The number of ether oxygens (including phenoxy) is 1. The van der Waals surface area contributed by atoms with Crippen molar-refractivity contribution >= 4 is 0 Å². The van der Waals surface area contributed by atoms with E-state index in [1.807, 2.05) is 0 Å². The van der Waals surface area contributed by atoms with Gasteiger partial charge in [0, 0.05) is 37.6 Å². The van der Waals surface area contributed by atoms with Gasteiger partial charge in [0.2, 0.25) is 0 Å². The maximum Gasteiger partial charge on any atom is 0.0699 e. The number of rotatable bonds is 5. The molecule has 1 aromatic heterocycles. The second-order valence-electron chi connectivity index (χ2n) is 5.26. The molecule has 1 N–H and O–H groups in total. The van der Waals surface area contributed by atoms with E-state index in [9.17, 15) is 0 Å². The first-order chi connectivity index (χ1) is 8.72. The van der Waals surface area contributed by atoms with Crippen molar-refractivity contribution in [2.45, 2.75) is 59.2 Å². The zero-order valence-corrected chi connectivity index (χ0v) is 12.0. The molecule has 1 atom stereocenters. The van der Waals surface area contributed by atoms with Crippen LogP contribution < -0.4 is 5.32 Å². The van der Waals surface area contributed by atoms with Crippen LogP contribution in [0.4, 0.5) is 0 Å². The number of aryl methyl sites for hydroxylation is 1. The summed E-state index contributed by atoms with van der Waals surface area (Å²) < 4.78 is 8.10. The van der Waals surface area contributed by atoms with E-state index in [1.165, 1.54) is 36.2 Å². The topological polar surface area (TPSA) is 26.2 Å². The van der Waals surface area contributed by atoms with Crippen molar-refractivity contribution in [3.05, 3.63) is 23.0 Å². The molecular formula is C15H26N2O. The number of nitrogens with one attached hydrogen (secondary N) is 1. The van der Waals surface area contributed by atoms with E-state index in [4.69, 9.17) is 4.74 Å². The van der Waals surface area contributed by atoms with Gasteiger partial charge in [0.1, 0.15) is 0 Å². The minimum Gasteiger partial charge on any atom is -0.377 e. The second kappa shape index (κ2) is 6.39. The fraction of sp³-hybridized carbons (Fsp3) is 0.733. The quantitative estimate of drug-likeness (QED) is 0.869.